The van der Waals surface area contributed by atoms with Crippen molar-refractivity contribution in [3.63, 3.8) is 0 Å². The van der Waals surface area contributed by atoms with Crippen molar-refractivity contribution in [1.82, 2.24) is 10.2 Å². The molecule has 2 unspecified atom stereocenters. The highest BCUT2D eigenvalue weighted by atomic mass is 16.5. The minimum absolute atomic E-state index is 0.0217. The molecule has 31 heavy (non-hydrogen) atoms. The number of carbonyl (C=O) groups is 2. The lowest BCUT2D eigenvalue weighted by Gasteiger charge is -2.34. The SMILES string of the molecule is CCOC(=O)C1C(=N)Oc2ccc(-c3ccccc3)cc2C1CC(=O)N1CCNCC1. The monoisotopic (exact) mass is 421 g/mol. The van der Waals surface area contributed by atoms with Crippen molar-refractivity contribution in [3.05, 3.63) is 54.1 Å². The molecule has 2 atom stereocenters. The van der Waals surface area contributed by atoms with Gasteiger partial charge in [0, 0.05) is 44.1 Å². The van der Waals surface area contributed by atoms with Gasteiger partial charge in [0.2, 0.25) is 11.8 Å². The highest BCUT2D eigenvalue weighted by Crippen LogP contribution is 2.42. The zero-order valence-electron chi connectivity index (χ0n) is 17.6. The highest BCUT2D eigenvalue weighted by Gasteiger charge is 2.43. The first-order valence-electron chi connectivity index (χ1n) is 10.7. The molecule has 2 aliphatic rings. The van der Waals surface area contributed by atoms with E-state index in [2.05, 4.69) is 5.32 Å². The van der Waals surface area contributed by atoms with Crippen LogP contribution in [0.2, 0.25) is 0 Å². The summed E-state index contributed by atoms with van der Waals surface area (Å²) >= 11 is 0. The number of ether oxygens (including phenoxy) is 2. The lowest BCUT2D eigenvalue weighted by Crippen LogP contribution is -2.48. The molecule has 0 spiro atoms. The lowest BCUT2D eigenvalue weighted by molar-refractivity contribution is -0.147. The molecule has 162 valence electrons. The van der Waals surface area contributed by atoms with Crippen molar-refractivity contribution >= 4 is 17.8 Å². The van der Waals surface area contributed by atoms with Crippen LogP contribution in [0.3, 0.4) is 0 Å². The normalized spacial score (nSPS) is 20.5. The maximum Gasteiger partial charge on any atom is 0.319 e. The molecule has 4 rings (SSSR count). The van der Waals surface area contributed by atoms with E-state index in [4.69, 9.17) is 14.9 Å². The predicted octanol–water partition coefficient (Wildman–Crippen LogP) is 2.81. The summed E-state index contributed by atoms with van der Waals surface area (Å²) in [4.78, 5) is 27.7. The molecule has 1 saturated heterocycles. The lowest BCUT2D eigenvalue weighted by atomic mass is 9.79. The van der Waals surface area contributed by atoms with Gasteiger partial charge in [-0.3, -0.25) is 15.0 Å². The van der Waals surface area contributed by atoms with Gasteiger partial charge < -0.3 is 19.7 Å². The van der Waals surface area contributed by atoms with E-state index in [1.165, 1.54) is 0 Å². The van der Waals surface area contributed by atoms with Crippen LogP contribution in [0.15, 0.2) is 48.5 Å². The number of nitrogens with zero attached hydrogens (tertiary/aromatic N) is 1. The van der Waals surface area contributed by atoms with E-state index in [0.717, 1.165) is 29.8 Å². The van der Waals surface area contributed by atoms with Crippen molar-refractivity contribution in [3.8, 4) is 16.9 Å². The molecule has 1 amide bonds. The molecule has 2 aliphatic heterocycles. The van der Waals surface area contributed by atoms with Gasteiger partial charge in [0.15, 0.2) is 0 Å². The highest BCUT2D eigenvalue weighted by molar-refractivity contribution is 6.00. The van der Waals surface area contributed by atoms with Crippen molar-refractivity contribution in [2.75, 3.05) is 32.8 Å². The number of hydrogen-bond acceptors (Lipinski definition) is 6. The third kappa shape index (κ3) is 4.46. The third-order valence-electron chi connectivity index (χ3n) is 5.83. The van der Waals surface area contributed by atoms with Crippen LogP contribution < -0.4 is 10.1 Å². The quantitative estimate of drug-likeness (QED) is 0.725. The second-order valence-electron chi connectivity index (χ2n) is 7.76. The van der Waals surface area contributed by atoms with E-state index >= 15 is 0 Å². The average molecular weight is 421 g/mol. The Morgan fingerprint density at radius 3 is 2.58 bits per heavy atom. The van der Waals surface area contributed by atoms with Crippen molar-refractivity contribution < 1.29 is 19.1 Å². The zero-order valence-corrected chi connectivity index (χ0v) is 17.6. The smallest absolute Gasteiger partial charge is 0.319 e. The summed E-state index contributed by atoms with van der Waals surface area (Å²) in [6.45, 7) is 4.73. The number of amides is 1. The fourth-order valence-electron chi connectivity index (χ4n) is 4.25. The fourth-order valence-corrected chi connectivity index (χ4v) is 4.25. The Morgan fingerprint density at radius 2 is 1.87 bits per heavy atom. The van der Waals surface area contributed by atoms with Crippen LogP contribution in [-0.4, -0.2) is 55.5 Å². The Hall–Kier alpha value is -3.19. The zero-order chi connectivity index (χ0) is 21.8. The molecule has 2 N–H and O–H groups in total. The van der Waals surface area contributed by atoms with Crippen LogP contribution >= 0.6 is 0 Å². The van der Waals surface area contributed by atoms with Crippen molar-refractivity contribution in [2.45, 2.75) is 19.3 Å². The van der Waals surface area contributed by atoms with Crippen LogP contribution in [0.25, 0.3) is 11.1 Å². The van der Waals surface area contributed by atoms with E-state index in [1.807, 2.05) is 53.4 Å². The van der Waals surface area contributed by atoms with Gasteiger partial charge in [0.25, 0.3) is 0 Å². The summed E-state index contributed by atoms with van der Waals surface area (Å²) in [7, 11) is 0. The fraction of sp³-hybridized carbons (Fsp3) is 0.375. The van der Waals surface area contributed by atoms with Gasteiger partial charge in [0.1, 0.15) is 11.7 Å². The minimum Gasteiger partial charge on any atom is -0.465 e. The first-order chi connectivity index (χ1) is 15.1. The van der Waals surface area contributed by atoms with Gasteiger partial charge in [-0.25, -0.2) is 0 Å². The van der Waals surface area contributed by atoms with Gasteiger partial charge >= 0.3 is 5.97 Å². The molecule has 0 aromatic heterocycles. The standard InChI is InChI=1S/C24H27N3O4/c1-2-30-24(29)22-19(15-21(28)27-12-10-26-11-13-27)18-14-17(16-6-4-3-5-7-16)8-9-20(18)31-23(22)25/h3-9,14,19,22,25-26H,2,10-13,15H2,1H3. The molecular formula is C24H27N3O4. The molecule has 0 saturated carbocycles. The Kier molecular flexibility index (Phi) is 6.32. The van der Waals surface area contributed by atoms with Gasteiger partial charge in [-0.05, 0) is 30.2 Å². The van der Waals surface area contributed by atoms with Crippen molar-refractivity contribution in [1.29, 1.82) is 5.41 Å². The molecular weight excluding hydrogens is 394 g/mol. The van der Waals surface area contributed by atoms with Crippen molar-refractivity contribution in [2.24, 2.45) is 5.92 Å². The van der Waals surface area contributed by atoms with E-state index in [9.17, 15) is 9.59 Å². The first-order valence-corrected chi connectivity index (χ1v) is 10.7. The molecule has 7 nitrogen and oxygen atoms in total. The Labute approximate surface area is 181 Å². The van der Waals surface area contributed by atoms with Gasteiger partial charge in [-0.2, -0.15) is 0 Å². The van der Waals surface area contributed by atoms with Crippen LogP contribution in [0.4, 0.5) is 0 Å². The minimum atomic E-state index is -0.940. The molecule has 2 aromatic rings. The number of carbonyl (C=O) groups excluding carboxylic acids is 2. The summed E-state index contributed by atoms with van der Waals surface area (Å²) in [5.74, 6) is -1.65. The second kappa shape index (κ2) is 9.31. The van der Waals surface area contributed by atoms with Gasteiger partial charge in [-0.1, -0.05) is 36.4 Å². The third-order valence-corrected chi connectivity index (χ3v) is 5.83. The maximum absolute atomic E-state index is 13.1. The Bertz CT molecular complexity index is 970. The van der Waals surface area contributed by atoms with E-state index in [-0.39, 0.29) is 24.8 Å². The molecule has 7 heteroatoms. The van der Waals surface area contributed by atoms with Crippen LogP contribution in [0.1, 0.15) is 24.8 Å². The molecule has 0 radical (unpaired) electrons. The Balaban J connectivity index is 1.72. The average Bonchev–Trinajstić information content (AvgIpc) is 2.80. The van der Waals surface area contributed by atoms with Gasteiger partial charge in [-0.15, -0.1) is 0 Å². The van der Waals surface area contributed by atoms with Gasteiger partial charge in [0.05, 0.1) is 6.61 Å². The number of fused-ring (bicyclic) bond motifs is 1. The van der Waals surface area contributed by atoms with Crippen LogP contribution in [0.5, 0.6) is 5.75 Å². The second-order valence-corrected chi connectivity index (χ2v) is 7.76. The Morgan fingerprint density at radius 1 is 1.13 bits per heavy atom. The number of rotatable bonds is 5. The first kappa shape index (κ1) is 21.1. The topological polar surface area (TPSA) is 91.7 Å². The summed E-state index contributed by atoms with van der Waals surface area (Å²) in [6, 6.07) is 15.6. The summed E-state index contributed by atoms with van der Waals surface area (Å²) in [5.41, 5.74) is 2.77. The molecule has 2 aromatic carbocycles. The number of piperazine rings is 1. The molecule has 0 bridgehead atoms. The number of esters is 1. The molecule has 2 heterocycles. The number of hydrogen-bond donors (Lipinski definition) is 2. The number of benzene rings is 2. The van der Waals surface area contributed by atoms with E-state index in [0.29, 0.717) is 18.8 Å². The largest absolute Gasteiger partial charge is 0.465 e. The molecule has 1 fully saturated rings. The van der Waals surface area contributed by atoms with E-state index in [1.54, 1.807) is 6.92 Å². The van der Waals surface area contributed by atoms with Crippen LogP contribution in [0, 0.1) is 11.3 Å². The molecule has 0 aliphatic carbocycles. The summed E-state index contributed by atoms with van der Waals surface area (Å²) < 4.78 is 11.0. The van der Waals surface area contributed by atoms with Crippen LogP contribution in [-0.2, 0) is 14.3 Å². The maximum atomic E-state index is 13.1. The number of nitrogens with one attached hydrogen (secondary N) is 2. The van der Waals surface area contributed by atoms with E-state index < -0.39 is 17.8 Å². The summed E-state index contributed by atoms with van der Waals surface area (Å²) in [5, 5.41) is 11.6. The predicted molar refractivity (Wildman–Crippen MR) is 117 cm³/mol. The summed E-state index contributed by atoms with van der Waals surface area (Å²) in [6.07, 6.45) is 0.125.